The topological polar surface area (TPSA) is 21.3 Å². The summed E-state index contributed by atoms with van der Waals surface area (Å²) in [6.45, 7) is 2.92. The fourth-order valence-corrected chi connectivity index (χ4v) is 4.63. The van der Waals surface area contributed by atoms with Gasteiger partial charge in [0.05, 0.1) is 18.3 Å². The summed E-state index contributed by atoms with van der Waals surface area (Å²) in [7, 11) is 0. The molecule has 0 radical (unpaired) electrons. The third-order valence-corrected chi connectivity index (χ3v) is 5.97. The normalized spacial score (nSPS) is 23.3. The zero-order chi connectivity index (χ0) is 18.1. The Balaban J connectivity index is 1.73. The van der Waals surface area contributed by atoms with Gasteiger partial charge in [-0.1, -0.05) is 66.9 Å². The van der Waals surface area contributed by atoms with Gasteiger partial charge in [-0.3, -0.25) is 0 Å². The van der Waals surface area contributed by atoms with Gasteiger partial charge in [-0.25, -0.2) is 0 Å². The minimum atomic E-state index is 0.142. The molecule has 4 heteroatoms. The average molecular weight is 388 g/mol. The van der Waals surface area contributed by atoms with E-state index >= 15 is 0 Å². The summed E-state index contributed by atoms with van der Waals surface area (Å²) in [4.78, 5) is 0. The number of anilines is 1. The van der Waals surface area contributed by atoms with Gasteiger partial charge in [0.15, 0.2) is 0 Å². The van der Waals surface area contributed by atoms with Crippen LogP contribution < -0.4 is 10.1 Å². The van der Waals surface area contributed by atoms with E-state index in [1.807, 2.05) is 18.2 Å². The van der Waals surface area contributed by atoms with Crippen molar-refractivity contribution in [2.45, 2.75) is 38.1 Å². The Bertz CT molecular complexity index is 833. The maximum absolute atomic E-state index is 6.55. The molecule has 1 heterocycles. The lowest BCUT2D eigenvalue weighted by Crippen LogP contribution is -2.29. The Morgan fingerprint density at radius 3 is 2.85 bits per heavy atom. The summed E-state index contributed by atoms with van der Waals surface area (Å²) in [5, 5.41) is 5.13. The smallest absolute Gasteiger partial charge is 0.142 e. The molecule has 26 heavy (non-hydrogen) atoms. The van der Waals surface area contributed by atoms with E-state index < -0.39 is 0 Å². The number of para-hydroxylation sites is 1. The zero-order valence-electron chi connectivity index (χ0n) is 14.8. The molecule has 2 aromatic rings. The SMILES string of the molecule is CCCCOc1cccc2c1NC(c1ccc(Cl)cc1Cl)C1CC=CC21. The maximum atomic E-state index is 6.55. The molecule has 136 valence electrons. The van der Waals surface area contributed by atoms with Crippen molar-refractivity contribution in [2.24, 2.45) is 5.92 Å². The van der Waals surface area contributed by atoms with Crippen LogP contribution in [-0.4, -0.2) is 6.61 Å². The number of rotatable bonds is 5. The molecule has 3 atom stereocenters. The molecular weight excluding hydrogens is 365 g/mol. The second-order valence-corrected chi connectivity index (χ2v) is 7.91. The summed E-state index contributed by atoms with van der Waals surface area (Å²) >= 11 is 12.7. The number of unbranched alkanes of at least 4 members (excludes halogenated alkanes) is 1. The van der Waals surface area contributed by atoms with Crippen molar-refractivity contribution >= 4 is 28.9 Å². The number of fused-ring (bicyclic) bond motifs is 3. The van der Waals surface area contributed by atoms with Gasteiger partial charge in [-0.05, 0) is 48.1 Å². The minimum Gasteiger partial charge on any atom is -0.491 e. The molecule has 0 spiro atoms. The first kappa shape index (κ1) is 17.8. The molecule has 0 bridgehead atoms. The van der Waals surface area contributed by atoms with Crippen molar-refractivity contribution in [1.82, 2.24) is 0 Å². The first-order valence-corrected chi connectivity index (χ1v) is 10.1. The summed E-state index contributed by atoms with van der Waals surface area (Å²) < 4.78 is 6.09. The van der Waals surface area contributed by atoms with E-state index in [2.05, 4.69) is 42.6 Å². The molecule has 4 rings (SSSR count). The Morgan fingerprint density at radius 1 is 1.15 bits per heavy atom. The van der Waals surface area contributed by atoms with Crippen LogP contribution in [0.25, 0.3) is 0 Å². The zero-order valence-corrected chi connectivity index (χ0v) is 16.4. The van der Waals surface area contributed by atoms with E-state index in [1.165, 1.54) is 5.56 Å². The van der Waals surface area contributed by atoms with Crippen molar-refractivity contribution in [3.05, 3.63) is 69.7 Å². The third kappa shape index (κ3) is 3.21. The van der Waals surface area contributed by atoms with E-state index in [4.69, 9.17) is 27.9 Å². The fourth-order valence-electron chi connectivity index (χ4n) is 4.10. The third-order valence-electron chi connectivity index (χ3n) is 5.41. The molecule has 1 N–H and O–H groups in total. The molecule has 0 saturated heterocycles. The predicted octanol–water partition coefficient (Wildman–Crippen LogP) is 7.00. The molecule has 2 nitrogen and oxygen atoms in total. The number of ether oxygens (including phenoxy) is 1. The van der Waals surface area contributed by atoms with Gasteiger partial charge < -0.3 is 10.1 Å². The Labute approximate surface area is 165 Å². The molecule has 1 aliphatic heterocycles. The van der Waals surface area contributed by atoms with Gasteiger partial charge in [0.1, 0.15) is 5.75 Å². The molecule has 2 aromatic carbocycles. The standard InChI is InChI=1S/C22H23Cl2NO/c1-2-3-12-26-20-9-5-8-17-15-6-4-7-16(15)21(25-22(17)20)18-11-10-14(23)13-19(18)24/h4-6,8-11,13,15-16,21,25H,2-3,7,12H2,1H3. The first-order chi connectivity index (χ1) is 12.7. The number of hydrogen-bond donors (Lipinski definition) is 1. The second-order valence-electron chi connectivity index (χ2n) is 7.06. The van der Waals surface area contributed by atoms with Crippen LogP contribution in [0, 0.1) is 5.92 Å². The van der Waals surface area contributed by atoms with E-state index in [9.17, 15) is 0 Å². The molecule has 0 saturated carbocycles. The highest BCUT2D eigenvalue weighted by Crippen LogP contribution is 2.53. The highest BCUT2D eigenvalue weighted by molar-refractivity contribution is 6.35. The van der Waals surface area contributed by atoms with Crippen molar-refractivity contribution < 1.29 is 4.74 Å². The van der Waals surface area contributed by atoms with Crippen molar-refractivity contribution in [2.75, 3.05) is 11.9 Å². The Morgan fingerprint density at radius 2 is 2.04 bits per heavy atom. The van der Waals surface area contributed by atoms with E-state index in [0.29, 0.717) is 21.9 Å². The van der Waals surface area contributed by atoms with Gasteiger partial charge in [-0.15, -0.1) is 0 Å². The monoisotopic (exact) mass is 387 g/mol. The molecule has 3 unspecified atom stereocenters. The molecular formula is C22H23Cl2NO. The number of benzene rings is 2. The van der Waals surface area contributed by atoms with Crippen LogP contribution in [0.5, 0.6) is 5.75 Å². The van der Waals surface area contributed by atoms with E-state index in [1.54, 1.807) is 0 Å². The van der Waals surface area contributed by atoms with Crippen LogP contribution in [0.4, 0.5) is 5.69 Å². The fraction of sp³-hybridized carbons (Fsp3) is 0.364. The van der Waals surface area contributed by atoms with Crippen LogP contribution in [0.3, 0.4) is 0 Å². The van der Waals surface area contributed by atoms with E-state index in [0.717, 1.165) is 42.9 Å². The molecule has 0 amide bonds. The summed E-state index contributed by atoms with van der Waals surface area (Å²) in [6, 6.07) is 12.3. The number of hydrogen-bond acceptors (Lipinski definition) is 2. The van der Waals surface area contributed by atoms with E-state index in [-0.39, 0.29) is 6.04 Å². The Kier molecular flexibility index (Phi) is 5.15. The number of halogens is 2. The minimum absolute atomic E-state index is 0.142. The summed E-state index contributed by atoms with van der Waals surface area (Å²) in [5.41, 5.74) is 3.52. The van der Waals surface area contributed by atoms with Crippen LogP contribution in [0.15, 0.2) is 48.6 Å². The van der Waals surface area contributed by atoms with Crippen LogP contribution >= 0.6 is 23.2 Å². The molecule has 0 aromatic heterocycles. The van der Waals surface area contributed by atoms with Gasteiger partial charge in [0.2, 0.25) is 0 Å². The largest absolute Gasteiger partial charge is 0.491 e. The second kappa shape index (κ2) is 7.54. The lowest BCUT2D eigenvalue weighted by Gasteiger charge is -2.38. The van der Waals surface area contributed by atoms with Crippen molar-refractivity contribution in [1.29, 1.82) is 0 Å². The van der Waals surface area contributed by atoms with Gasteiger partial charge in [0, 0.05) is 16.0 Å². The lowest BCUT2D eigenvalue weighted by atomic mass is 9.77. The summed E-state index contributed by atoms with van der Waals surface area (Å²) in [6.07, 6.45) is 7.84. The molecule has 2 aliphatic rings. The first-order valence-electron chi connectivity index (χ1n) is 9.33. The van der Waals surface area contributed by atoms with Gasteiger partial charge >= 0.3 is 0 Å². The maximum Gasteiger partial charge on any atom is 0.142 e. The van der Waals surface area contributed by atoms with Crippen LogP contribution in [0.1, 0.15) is 49.3 Å². The average Bonchev–Trinajstić information content (AvgIpc) is 3.12. The van der Waals surface area contributed by atoms with Crippen LogP contribution in [0.2, 0.25) is 10.0 Å². The van der Waals surface area contributed by atoms with Crippen molar-refractivity contribution in [3.8, 4) is 5.75 Å². The molecule has 0 fully saturated rings. The summed E-state index contributed by atoms with van der Waals surface area (Å²) in [5.74, 6) is 1.77. The number of nitrogens with one attached hydrogen (secondary N) is 1. The highest BCUT2D eigenvalue weighted by Gasteiger charge is 2.39. The predicted molar refractivity (Wildman–Crippen MR) is 110 cm³/mol. The number of allylic oxidation sites excluding steroid dienone is 2. The highest BCUT2D eigenvalue weighted by atomic mass is 35.5. The lowest BCUT2D eigenvalue weighted by molar-refractivity contribution is 0.308. The van der Waals surface area contributed by atoms with Crippen molar-refractivity contribution in [3.63, 3.8) is 0 Å². The van der Waals surface area contributed by atoms with Crippen LogP contribution in [-0.2, 0) is 0 Å². The Hall–Kier alpha value is -1.64. The van der Waals surface area contributed by atoms with Gasteiger partial charge in [-0.2, -0.15) is 0 Å². The van der Waals surface area contributed by atoms with Gasteiger partial charge in [0.25, 0.3) is 0 Å². The quantitative estimate of drug-likeness (QED) is 0.440. The molecule has 1 aliphatic carbocycles.